The van der Waals surface area contributed by atoms with Crippen LogP contribution in [0.3, 0.4) is 0 Å². The van der Waals surface area contributed by atoms with Crippen LogP contribution in [0.1, 0.15) is 15.9 Å². The van der Waals surface area contributed by atoms with Gasteiger partial charge in [-0.15, -0.1) is 0 Å². The minimum absolute atomic E-state index is 0.263. The maximum Gasteiger partial charge on any atom is 0.345 e. The van der Waals surface area contributed by atoms with E-state index in [0.29, 0.717) is 21.4 Å². The number of carbonyl (C=O) groups is 1. The van der Waals surface area contributed by atoms with E-state index in [-0.39, 0.29) is 11.3 Å². The van der Waals surface area contributed by atoms with E-state index in [1.54, 1.807) is 55.8 Å². The normalized spacial score (nSPS) is 10.5. The summed E-state index contributed by atoms with van der Waals surface area (Å²) >= 11 is 11.3. The zero-order chi connectivity index (χ0) is 22.9. The minimum Gasteiger partial charge on any atom is -0.497 e. The van der Waals surface area contributed by atoms with Crippen LogP contribution in [-0.2, 0) is 0 Å². The molecule has 3 rings (SSSR count). The Kier molecular flexibility index (Phi) is 8.02. The second kappa shape index (κ2) is 11.1. The number of benzene rings is 3. The van der Waals surface area contributed by atoms with Crippen molar-refractivity contribution in [2.75, 3.05) is 19.5 Å². The number of carbonyl (C=O) groups excluding carboxylic acids is 1. The Morgan fingerprint density at radius 2 is 1.75 bits per heavy atom. The van der Waals surface area contributed by atoms with Gasteiger partial charge in [0.2, 0.25) is 0 Å². The summed E-state index contributed by atoms with van der Waals surface area (Å²) in [6.07, 6.45) is 1.56. The largest absolute Gasteiger partial charge is 0.497 e. The summed E-state index contributed by atoms with van der Waals surface area (Å²) < 4.78 is 15.9. The van der Waals surface area contributed by atoms with Gasteiger partial charge in [-0.2, -0.15) is 5.10 Å². The molecule has 0 aliphatic carbocycles. The van der Waals surface area contributed by atoms with Crippen LogP contribution in [0.15, 0.2) is 71.8 Å². The Morgan fingerprint density at radius 1 is 1.00 bits per heavy atom. The van der Waals surface area contributed by atoms with Crippen LogP contribution in [0.5, 0.6) is 17.2 Å². The van der Waals surface area contributed by atoms with Gasteiger partial charge in [0.25, 0.3) is 0 Å². The molecule has 0 aliphatic rings. The number of anilines is 1. The summed E-state index contributed by atoms with van der Waals surface area (Å²) in [6, 6.07) is 19.0. The summed E-state index contributed by atoms with van der Waals surface area (Å²) in [5, 5.41) is 7.76. The molecule has 0 aliphatic heterocycles. The molecule has 32 heavy (non-hydrogen) atoms. The highest BCUT2D eigenvalue weighted by atomic mass is 35.5. The minimum atomic E-state index is -0.577. The van der Waals surface area contributed by atoms with Gasteiger partial charge in [0.15, 0.2) is 16.6 Å². The molecule has 3 aromatic carbocycles. The van der Waals surface area contributed by atoms with Gasteiger partial charge in [-0.25, -0.2) is 4.79 Å². The number of nitrogens with one attached hydrogen (secondary N) is 2. The third-order valence-corrected chi connectivity index (χ3v) is 4.73. The van der Waals surface area contributed by atoms with E-state index in [9.17, 15) is 4.79 Å². The Bertz CT molecular complexity index is 1140. The molecule has 2 N–H and O–H groups in total. The van der Waals surface area contributed by atoms with E-state index in [1.807, 2.05) is 24.3 Å². The molecular formula is C23H20ClN3O4S. The molecule has 0 fully saturated rings. The van der Waals surface area contributed by atoms with Gasteiger partial charge in [-0.05, 0) is 72.4 Å². The second-order valence-electron chi connectivity index (χ2n) is 6.33. The highest BCUT2D eigenvalue weighted by molar-refractivity contribution is 7.80. The number of methoxy groups -OCH3 is 2. The molecule has 0 spiro atoms. The summed E-state index contributed by atoms with van der Waals surface area (Å²) in [5.41, 5.74) is 4.51. The number of nitrogens with zero attached hydrogens (tertiary/aromatic N) is 1. The number of ether oxygens (including phenoxy) is 3. The smallest absolute Gasteiger partial charge is 0.345 e. The van der Waals surface area contributed by atoms with Crippen LogP contribution in [0.25, 0.3) is 0 Å². The second-order valence-corrected chi connectivity index (χ2v) is 7.15. The van der Waals surface area contributed by atoms with Crippen molar-refractivity contribution >= 4 is 46.8 Å². The third-order valence-electron chi connectivity index (χ3n) is 4.21. The van der Waals surface area contributed by atoms with Crippen molar-refractivity contribution in [2.45, 2.75) is 0 Å². The molecule has 0 amide bonds. The fraction of sp³-hybridized carbons (Fsp3) is 0.0870. The molecule has 0 unspecified atom stereocenters. The molecule has 0 aromatic heterocycles. The standard InChI is InChI=1S/C23H20ClN3O4S/c1-29-17-10-8-16(9-11-17)26-23(32)27-25-14-15-7-12-20(21(13-15)30-2)31-22(28)18-5-3-4-6-19(18)24/h3-14H,1-2H3,(H2,26,27,32)/b25-14+. The first-order valence-corrected chi connectivity index (χ1v) is 10.2. The monoisotopic (exact) mass is 469 g/mol. The van der Waals surface area contributed by atoms with E-state index in [0.717, 1.165) is 11.4 Å². The van der Waals surface area contributed by atoms with E-state index in [2.05, 4.69) is 15.8 Å². The van der Waals surface area contributed by atoms with Crippen molar-refractivity contribution in [1.29, 1.82) is 0 Å². The van der Waals surface area contributed by atoms with Crippen molar-refractivity contribution in [3.63, 3.8) is 0 Å². The molecule has 9 heteroatoms. The fourth-order valence-corrected chi connectivity index (χ4v) is 3.01. The number of esters is 1. The van der Waals surface area contributed by atoms with Crippen LogP contribution in [0, 0.1) is 0 Å². The number of hydrogen-bond donors (Lipinski definition) is 2. The van der Waals surface area contributed by atoms with Crippen LogP contribution in [0.2, 0.25) is 5.02 Å². The van der Waals surface area contributed by atoms with Gasteiger partial charge in [0, 0.05) is 5.69 Å². The molecule has 3 aromatic rings. The van der Waals surface area contributed by atoms with Gasteiger partial charge < -0.3 is 19.5 Å². The average molecular weight is 470 g/mol. The first kappa shape index (κ1) is 23.1. The molecular weight excluding hydrogens is 450 g/mol. The number of hydrogen-bond acceptors (Lipinski definition) is 6. The van der Waals surface area contributed by atoms with Gasteiger partial charge in [0.05, 0.1) is 31.0 Å². The quantitative estimate of drug-likeness (QED) is 0.167. The number of thiocarbonyl (C=S) groups is 1. The molecule has 7 nitrogen and oxygen atoms in total. The van der Waals surface area contributed by atoms with Crippen LogP contribution in [0.4, 0.5) is 5.69 Å². The summed E-state index contributed by atoms with van der Waals surface area (Å²) in [7, 11) is 3.09. The lowest BCUT2D eigenvalue weighted by molar-refractivity contribution is 0.0730. The van der Waals surface area contributed by atoms with E-state index >= 15 is 0 Å². The Labute approximate surface area is 195 Å². The highest BCUT2D eigenvalue weighted by Gasteiger charge is 2.15. The molecule has 0 saturated heterocycles. The molecule has 0 radical (unpaired) electrons. The van der Waals surface area contributed by atoms with Gasteiger partial charge in [0.1, 0.15) is 5.75 Å². The Morgan fingerprint density at radius 3 is 2.44 bits per heavy atom. The lowest BCUT2D eigenvalue weighted by Crippen LogP contribution is -2.23. The molecule has 0 heterocycles. The number of halogens is 1. The molecule has 0 bridgehead atoms. The van der Waals surface area contributed by atoms with Crippen LogP contribution in [-0.4, -0.2) is 31.5 Å². The Hall–Kier alpha value is -3.62. The highest BCUT2D eigenvalue weighted by Crippen LogP contribution is 2.29. The van der Waals surface area contributed by atoms with Crippen molar-refractivity contribution in [2.24, 2.45) is 5.10 Å². The lowest BCUT2D eigenvalue weighted by Gasteiger charge is -2.10. The SMILES string of the molecule is COc1ccc(NC(=S)N/N=C/c2ccc(OC(=O)c3ccccc3Cl)c(OC)c2)cc1. The number of hydrazone groups is 1. The van der Waals surface area contributed by atoms with Gasteiger partial charge in [-0.3, -0.25) is 5.43 Å². The topological polar surface area (TPSA) is 81.2 Å². The van der Waals surface area contributed by atoms with Gasteiger partial charge in [-0.1, -0.05) is 23.7 Å². The maximum atomic E-state index is 12.4. The fourth-order valence-electron chi connectivity index (χ4n) is 2.63. The summed E-state index contributed by atoms with van der Waals surface area (Å²) in [4.78, 5) is 12.4. The first-order valence-electron chi connectivity index (χ1n) is 9.39. The summed E-state index contributed by atoms with van der Waals surface area (Å²) in [6.45, 7) is 0. The number of rotatable bonds is 7. The molecule has 164 valence electrons. The maximum absolute atomic E-state index is 12.4. The van der Waals surface area contributed by atoms with Crippen LogP contribution >= 0.6 is 23.8 Å². The zero-order valence-electron chi connectivity index (χ0n) is 17.3. The average Bonchev–Trinajstić information content (AvgIpc) is 2.80. The Balaban J connectivity index is 1.61. The first-order chi connectivity index (χ1) is 15.5. The van der Waals surface area contributed by atoms with Crippen molar-refractivity contribution in [3.05, 3.63) is 82.9 Å². The van der Waals surface area contributed by atoms with Gasteiger partial charge >= 0.3 is 5.97 Å². The lowest BCUT2D eigenvalue weighted by atomic mass is 10.2. The summed E-state index contributed by atoms with van der Waals surface area (Å²) in [5.74, 6) is 0.807. The van der Waals surface area contributed by atoms with E-state index < -0.39 is 5.97 Å². The zero-order valence-corrected chi connectivity index (χ0v) is 18.9. The molecule has 0 saturated carbocycles. The molecule has 0 atom stereocenters. The van der Waals surface area contributed by atoms with Crippen molar-refractivity contribution in [3.8, 4) is 17.2 Å². The van der Waals surface area contributed by atoms with Crippen LogP contribution < -0.4 is 25.0 Å². The van der Waals surface area contributed by atoms with Crippen molar-refractivity contribution in [1.82, 2.24) is 5.43 Å². The predicted octanol–water partition coefficient (Wildman–Crippen LogP) is 4.90. The predicted molar refractivity (Wildman–Crippen MR) is 129 cm³/mol. The van der Waals surface area contributed by atoms with E-state index in [1.165, 1.54) is 7.11 Å². The third kappa shape index (κ3) is 6.19. The van der Waals surface area contributed by atoms with Crippen molar-refractivity contribution < 1.29 is 19.0 Å². The van der Waals surface area contributed by atoms with E-state index in [4.69, 9.17) is 38.0 Å².